The molecule has 2 rings (SSSR count). The molecule has 3 nitrogen and oxygen atoms in total. The van der Waals surface area contributed by atoms with Crippen LogP contribution in [0.4, 0.5) is 0 Å². The molecule has 0 aliphatic rings. The summed E-state index contributed by atoms with van der Waals surface area (Å²) in [5, 5.41) is 4.90. The first-order valence-electron chi connectivity index (χ1n) is 5.68. The Bertz CT molecular complexity index is 599. The largest absolute Gasteiger partial charge is 0.486 e. The number of hydrogen-bond donors (Lipinski definition) is 0. The van der Waals surface area contributed by atoms with Gasteiger partial charge in [-0.25, -0.2) is 0 Å². The summed E-state index contributed by atoms with van der Waals surface area (Å²) in [5.41, 5.74) is 2.70. The van der Waals surface area contributed by atoms with Crippen molar-refractivity contribution >= 4 is 39.1 Å². The molecule has 0 aliphatic carbocycles. The van der Waals surface area contributed by atoms with Gasteiger partial charge in [-0.2, -0.15) is 5.10 Å². The van der Waals surface area contributed by atoms with Crippen LogP contribution in [0, 0.1) is 6.92 Å². The smallest absolute Gasteiger partial charge is 0.134 e. The molecule has 0 bridgehead atoms. The monoisotopic (exact) mass is 362 g/mol. The van der Waals surface area contributed by atoms with Crippen LogP contribution in [-0.2, 0) is 19.5 Å². The highest BCUT2D eigenvalue weighted by molar-refractivity contribution is 9.10. The molecule has 0 atom stereocenters. The average molecular weight is 364 g/mol. The number of aryl methyl sites for hydroxylation is 2. The zero-order valence-electron chi connectivity index (χ0n) is 10.6. The van der Waals surface area contributed by atoms with Gasteiger partial charge >= 0.3 is 0 Å². The third kappa shape index (κ3) is 3.25. The number of nitrogens with zero attached hydrogens (tertiary/aromatic N) is 2. The van der Waals surface area contributed by atoms with Crippen LogP contribution in [0.1, 0.15) is 17.0 Å². The molecule has 0 fully saturated rings. The van der Waals surface area contributed by atoms with Gasteiger partial charge < -0.3 is 4.74 Å². The zero-order valence-corrected chi connectivity index (χ0v) is 13.7. The van der Waals surface area contributed by atoms with E-state index < -0.39 is 0 Å². The molecule has 0 radical (unpaired) electrons. The third-order valence-electron chi connectivity index (χ3n) is 2.78. The molecule has 0 amide bonds. The quantitative estimate of drug-likeness (QED) is 0.749. The minimum atomic E-state index is 0.370. The fraction of sp³-hybridized carbons (Fsp3) is 0.308. The van der Waals surface area contributed by atoms with Gasteiger partial charge in [-0.1, -0.05) is 17.7 Å². The molecule has 0 unspecified atom stereocenters. The lowest BCUT2D eigenvalue weighted by molar-refractivity contribution is 0.293. The number of aromatic nitrogens is 2. The summed E-state index contributed by atoms with van der Waals surface area (Å²) in [6.07, 6.45) is 0. The topological polar surface area (TPSA) is 27.1 Å². The van der Waals surface area contributed by atoms with E-state index in [-0.39, 0.29) is 0 Å². The second kappa shape index (κ2) is 6.16. The minimum absolute atomic E-state index is 0.370. The van der Waals surface area contributed by atoms with Gasteiger partial charge in [0.05, 0.1) is 20.9 Å². The third-order valence-corrected chi connectivity index (χ3v) is 4.20. The summed E-state index contributed by atoms with van der Waals surface area (Å²) < 4.78 is 8.37. The van der Waals surface area contributed by atoms with Crippen molar-refractivity contribution in [2.24, 2.45) is 7.05 Å². The summed E-state index contributed by atoms with van der Waals surface area (Å²) in [6.45, 7) is 2.24. The van der Waals surface area contributed by atoms with Crippen molar-refractivity contribution in [3.05, 3.63) is 44.6 Å². The highest BCUT2D eigenvalue weighted by atomic mass is 79.9. The van der Waals surface area contributed by atoms with Gasteiger partial charge in [-0.3, -0.25) is 4.68 Å². The van der Waals surface area contributed by atoms with Gasteiger partial charge in [-0.05, 0) is 40.5 Å². The molecule has 2 aromatic rings. The molecule has 0 spiro atoms. The van der Waals surface area contributed by atoms with E-state index in [1.54, 1.807) is 4.68 Å². The lowest BCUT2D eigenvalue weighted by Gasteiger charge is -2.09. The summed E-state index contributed by atoms with van der Waals surface area (Å²) in [5.74, 6) is 1.23. The van der Waals surface area contributed by atoms with Crippen molar-refractivity contribution in [2.75, 3.05) is 0 Å². The fourth-order valence-electron chi connectivity index (χ4n) is 1.73. The van der Waals surface area contributed by atoms with Crippen molar-refractivity contribution in [1.82, 2.24) is 9.78 Å². The minimum Gasteiger partial charge on any atom is -0.486 e. The number of alkyl halides is 1. The molecule has 19 heavy (non-hydrogen) atoms. The highest BCUT2D eigenvalue weighted by Gasteiger charge is 2.12. The molecule has 0 saturated heterocycles. The van der Waals surface area contributed by atoms with Crippen molar-refractivity contribution < 1.29 is 4.74 Å². The van der Waals surface area contributed by atoms with Crippen molar-refractivity contribution in [3.63, 3.8) is 0 Å². The average Bonchev–Trinajstić information content (AvgIpc) is 2.62. The van der Waals surface area contributed by atoms with Crippen LogP contribution < -0.4 is 4.74 Å². The van der Waals surface area contributed by atoms with Gasteiger partial charge in [0, 0.05) is 12.9 Å². The highest BCUT2D eigenvalue weighted by Crippen LogP contribution is 2.28. The number of hydrogen-bond acceptors (Lipinski definition) is 2. The zero-order chi connectivity index (χ0) is 14.0. The van der Waals surface area contributed by atoms with Gasteiger partial charge in [0.15, 0.2) is 0 Å². The van der Waals surface area contributed by atoms with Crippen molar-refractivity contribution in [2.45, 2.75) is 19.4 Å². The predicted octanol–water partition coefficient (Wildman–Crippen LogP) is 4.46. The van der Waals surface area contributed by atoms with E-state index in [1.807, 2.05) is 32.2 Å². The van der Waals surface area contributed by atoms with Crippen LogP contribution in [0.3, 0.4) is 0 Å². The molecule has 0 saturated carbocycles. The Hall–Kier alpha value is -0.710. The van der Waals surface area contributed by atoms with Crippen LogP contribution in [0.25, 0.3) is 0 Å². The van der Waals surface area contributed by atoms with Crippen LogP contribution >= 0.6 is 39.1 Å². The van der Waals surface area contributed by atoms with E-state index in [0.717, 1.165) is 27.2 Å². The standard InChI is InChI=1S/C13H13BrCl2N2O/c1-8-13(16)11(18(2)17-8)7-19-12-4-3-9(6-15)5-10(12)14/h3-5H,6-7H2,1-2H3. The molecule has 1 aromatic carbocycles. The lowest BCUT2D eigenvalue weighted by Crippen LogP contribution is -2.04. The van der Waals surface area contributed by atoms with Crippen molar-refractivity contribution in [3.8, 4) is 5.75 Å². The van der Waals surface area contributed by atoms with E-state index in [1.165, 1.54) is 0 Å². The Morgan fingerprint density at radius 1 is 1.42 bits per heavy atom. The lowest BCUT2D eigenvalue weighted by atomic mass is 10.2. The molecule has 0 aliphatic heterocycles. The fourth-order valence-corrected chi connectivity index (χ4v) is 2.65. The number of rotatable bonds is 4. The molecule has 102 valence electrons. The normalized spacial score (nSPS) is 10.8. The molecule has 1 heterocycles. The first-order valence-corrected chi connectivity index (χ1v) is 7.38. The Balaban J connectivity index is 2.14. The van der Waals surface area contributed by atoms with Crippen LogP contribution in [-0.4, -0.2) is 9.78 Å². The van der Waals surface area contributed by atoms with E-state index in [9.17, 15) is 0 Å². The summed E-state index contributed by atoms with van der Waals surface area (Å²) >= 11 is 15.4. The molecule has 1 aromatic heterocycles. The predicted molar refractivity (Wildman–Crippen MR) is 81.0 cm³/mol. The number of benzene rings is 1. The maximum atomic E-state index is 6.18. The SMILES string of the molecule is Cc1nn(C)c(COc2ccc(CCl)cc2Br)c1Cl. The maximum Gasteiger partial charge on any atom is 0.134 e. The summed E-state index contributed by atoms with van der Waals surface area (Å²) in [4.78, 5) is 0. The van der Waals surface area contributed by atoms with E-state index in [4.69, 9.17) is 27.9 Å². The van der Waals surface area contributed by atoms with E-state index in [2.05, 4.69) is 21.0 Å². The summed E-state index contributed by atoms with van der Waals surface area (Å²) in [7, 11) is 1.85. The number of ether oxygens (including phenoxy) is 1. The van der Waals surface area contributed by atoms with Crippen LogP contribution in [0.5, 0.6) is 5.75 Å². The Morgan fingerprint density at radius 3 is 2.68 bits per heavy atom. The van der Waals surface area contributed by atoms with Crippen LogP contribution in [0.2, 0.25) is 5.02 Å². The van der Waals surface area contributed by atoms with Crippen LogP contribution in [0.15, 0.2) is 22.7 Å². The number of halogens is 3. The van der Waals surface area contributed by atoms with Gasteiger partial charge in [0.2, 0.25) is 0 Å². The van der Waals surface area contributed by atoms with E-state index in [0.29, 0.717) is 17.5 Å². The molecular formula is C13H13BrCl2N2O. The Labute approximate surface area is 130 Å². The Morgan fingerprint density at radius 2 is 2.16 bits per heavy atom. The Kier molecular flexibility index (Phi) is 4.76. The van der Waals surface area contributed by atoms with Gasteiger partial charge in [0.25, 0.3) is 0 Å². The first kappa shape index (κ1) is 14.7. The summed E-state index contributed by atoms with van der Waals surface area (Å²) in [6, 6.07) is 5.76. The first-order chi connectivity index (χ1) is 9.02. The van der Waals surface area contributed by atoms with E-state index >= 15 is 0 Å². The molecular weight excluding hydrogens is 351 g/mol. The van der Waals surface area contributed by atoms with Gasteiger partial charge in [0.1, 0.15) is 12.4 Å². The van der Waals surface area contributed by atoms with Crippen molar-refractivity contribution in [1.29, 1.82) is 0 Å². The second-order valence-corrected chi connectivity index (χ2v) is 5.66. The molecule has 0 N–H and O–H groups in total. The van der Waals surface area contributed by atoms with Gasteiger partial charge in [-0.15, -0.1) is 11.6 Å². The molecule has 6 heteroatoms. The second-order valence-electron chi connectivity index (χ2n) is 4.16. The maximum absolute atomic E-state index is 6.18.